The van der Waals surface area contributed by atoms with Crippen LogP contribution >= 0.6 is 11.6 Å². The number of aryl methyl sites for hydroxylation is 1. The zero-order valence-corrected chi connectivity index (χ0v) is 18.3. The summed E-state index contributed by atoms with van der Waals surface area (Å²) in [5, 5.41) is 4.50. The third kappa shape index (κ3) is 4.24. The molecular formula is C22H24ClN3O3S. The van der Waals surface area contributed by atoms with Crippen LogP contribution in [0.5, 0.6) is 0 Å². The molecule has 2 aromatic carbocycles. The molecule has 0 aliphatic carbocycles. The van der Waals surface area contributed by atoms with Gasteiger partial charge in [0.15, 0.2) is 0 Å². The number of rotatable bonds is 5. The molecule has 0 atom stereocenters. The number of fused-ring (bicyclic) bond motifs is 1. The SMILES string of the molecule is Cn1ccc2cc(S(=O)(=O)N3CCC(C(=O)NCc4ccc(Cl)cc4)CC3)ccc21. The second kappa shape index (κ2) is 8.41. The average Bonchev–Trinajstić information content (AvgIpc) is 3.13. The Morgan fingerprint density at radius 1 is 1.10 bits per heavy atom. The van der Waals surface area contributed by atoms with Gasteiger partial charge in [0, 0.05) is 54.7 Å². The van der Waals surface area contributed by atoms with E-state index in [-0.39, 0.29) is 11.8 Å². The van der Waals surface area contributed by atoms with E-state index in [0.29, 0.717) is 42.4 Å². The van der Waals surface area contributed by atoms with E-state index in [4.69, 9.17) is 11.6 Å². The first-order valence-corrected chi connectivity index (χ1v) is 11.7. The van der Waals surface area contributed by atoms with Crippen LogP contribution in [0.25, 0.3) is 10.9 Å². The number of sulfonamides is 1. The van der Waals surface area contributed by atoms with Crippen LogP contribution in [0, 0.1) is 5.92 Å². The van der Waals surface area contributed by atoms with Gasteiger partial charge in [0.1, 0.15) is 0 Å². The van der Waals surface area contributed by atoms with Crippen LogP contribution in [0.15, 0.2) is 59.6 Å². The van der Waals surface area contributed by atoms with E-state index < -0.39 is 10.0 Å². The van der Waals surface area contributed by atoms with Crippen molar-refractivity contribution in [3.05, 3.63) is 65.3 Å². The summed E-state index contributed by atoms with van der Waals surface area (Å²) >= 11 is 5.88. The number of benzene rings is 2. The molecule has 3 aromatic rings. The highest BCUT2D eigenvalue weighted by Crippen LogP contribution is 2.26. The minimum atomic E-state index is -3.57. The fourth-order valence-electron chi connectivity index (χ4n) is 3.86. The predicted octanol–water partition coefficient (Wildman–Crippen LogP) is 3.55. The molecule has 1 amide bonds. The normalized spacial score (nSPS) is 16.1. The number of amides is 1. The summed E-state index contributed by atoms with van der Waals surface area (Å²) in [6.07, 6.45) is 2.94. The summed E-state index contributed by atoms with van der Waals surface area (Å²) in [4.78, 5) is 12.8. The highest BCUT2D eigenvalue weighted by atomic mass is 35.5. The molecular weight excluding hydrogens is 422 g/mol. The quantitative estimate of drug-likeness (QED) is 0.652. The topological polar surface area (TPSA) is 71.4 Å². The molecule has 0 radical (unpaired) electrons. The van der Waals surface area contributed by atoms with E-state index in [1.54, 1.807) is 24.3 Å². The third-order valence-electron chi connectivity index (χ3n) is 5.70. The summed E-state index contributed by atoms with van der Waals surface area (Å²) in [7, 11) is -1.64. The van der Waals surface area contributed by atoms with Crippen LogP contribution in [-0.2, 0) is 28.4 Å². The summed E-state index contributed by atoms with van der Waals surface area (Å²) in [5.41, 5.74) is 1.97. The van der Waals surface area contributed by atoms with Crippen LogP contribution in [-0.4, -0.2) is 36.3 Å². The van der Waals surface area contributed by atoms with Gasteiger partial charge in [-0.2, -0.15) is 4.31 Å². The van der Waals surface area contributed by atoms with Gasteiger partial charge in [-0.3, -0.25) is 4.79 Å². The van der Waals surface area contributed by atoms with Crippen molar-refractivity contribution < 1.29 is 13.2 Å². The molecule has 0 saturated carbocycles. The Balaban J connectivity index is 1.36. The van der Waals surface area contributed by atoms with Crippen LogP contribution in [0.3, 0.4) is 0 Å². The van der Waals surface area contributed by atoms with E-state index in [9.17, 15) is 13.2 Å². The fraction of sp³-hybridized carbons (Fsp3) is 0.318. The monoisotopic (exact) mass is 445 g/mol. The second-order valence-corrected chi connectivity index (χ2v) is 10.0. The maximum Gasteiger partial charge on any atom is 0.243 e. The Kier molecular flexibility index (Phi) is 5.86. The first-order chi connectivity index (χ1) is 14.3. The number of nitrogens with zero attached hydrogens (tertiary/aromatic N) is 2. The molecule has 30 heavy (non-hydrogen) atoms. The predicted molar refractivity (Wildman–Crippen MR) is 118 cm³/mol. The number of carbonyl (C=O) groups is 1. The highest BCUT2D eigenvalue weighted by Gasteiger charge is 2.32. The van der Waals surface area contributed by atoms with Crippen molar-refractivity contribution in [1.82, 2.24) is 14.2 Å². The molecule has 1 aliphatic heterocycles. The van der Waals surface area contributed by atoms with Gasteiger partial charge in [0.25, 0.3) is 0 Å². The molecule has 8 heteroatoms. The van der Waals surface area contributed by atoms with Gasteiger partial charge in [-0.05, 0) is 54.8 Å². The van der Waals surface area contributed by atoms with E-state index in [1.807, 2.05) is 42.1 Å². The van der Waals surface area contributed by atoms with Crippen molar-refractivity contribution >= 4 is 38.4 Å². The molecule has 0 unspecified atom stereocenters. The van der Waals surface area contributed by atoms with Gasteiger partial charge in [0.05, 0.1) is 4.90 Å². The number of aromatic nitrogens is 1. The number of carbonyl (C=O) groups excluding carboxylic acids is 1. The summed E-state index contributed by atoms with van der Waals surface area (Å²) in [5.74, 6) is -0.215. The molecule has 158 valence electrons. The molecule has 1 saturated heterocycles. The van der Waals surface area contributed by atoms with Gasteiger partial charge >= 0.3 is 0 Å². The molecule has 0 spiro atoms. The number of hydrogen-bond donors (Lipinski definition) is 1. The largest absolute Gasteiger partial charge is 0.352 e. The second-order valence-electron chi connectivity index (χ2n) is 7.67. The molecule has 4 rings (SSSR count). The van der Waals surface area contributed by atoms with Crippen LogP contribution in [0.4, 0.5) is 0 Å². The minimum absolute atomic E-state index is 0.0345. The Morgan fingerprint density at radius 3 is 2.50 bits per heavy atom. The average molecular weight is 446 g/mol. The number of nitrogens with one attached hydrogen (secondary N) is 1. The van der Waals surface area contributed by atoms with Gasteiger partial charge in [0.2, 0.25) is 15.9 Å². The first-order valence-electron chi connectivity index (χ1n) is 9.92. The van der Waals surface area contributed by atoms with Gasteiger partial charge in [-0.25, -0.2) is 8.42 Å². The Morgan fingerprint density at radius 2 is 1.80 bits per heavy atom. The molecule has 1 aromatic heterocycles. The molecule has 1 aliphatic rings. The lowest BCUT2D eigenvalue weighted by Crippen LogP contribution is -2.42. The van der Waals surface area contributed by atoms with Gasteiger partial charge in [-0.15, -0.1) is 0 Å². The summed E-state index contributed by atoms with van der Waals surface area (Å²) in [6, 6.07) is 14.4. The maximum absolute atomic E-state index is 13.1. The molecule has 0 bridgehead atoms. The lowest BCUT2D eigenvalue weighted by molar-refractivity contribution is -0.126. The van der Waals surface area contributed by atoms with Crippen molar-refractivity contribution in [3.8, 4) is 0 Å². The standard InChI is InChI=1S/C22H24ClN3O3S/c1-25-11-8-18-14-20(6-7-21(18)25)30(28,29)26-12-9-17(10-13-26)22(27)24-15-16-2-4-19(23)5-3-16/h2-8,11,14,17H,9-10,12-13,15H2,1H3,(H,24,27). The smallest absolute Gasteiger partial charge is 0.243 e. The Hall–Kier alpha value is -2.35. The molecule has 6 nitrogen and oxygen atoms in total. The zero-order chi connectivity index (χ0) is 21.3. The summed E-state index contributed by atoms with van der Waals surface area (Å²) in [6.45, 7) is 1.12. The number of hydrogen-bond acceptors (Lipinski definition) is 3. The van der Waals surface area contributed by atoms with Crippen molar-refractivity contribution in [1.29, 1.82) is 0 Å². The zero-order valence-electron chi connectivity index (χ0n) is 16.7. The van der Waals surface area contributed by atoms with Crippen molar-refractivity contribution in [2.24, 2.45) is 13.0 Å². The van der Waals surface area contributed by atoms with Crippen LogP contribution < -0.4 is 5.32 Å². The van der Waals surface area contributed by atoms with E-state index in [2.05, 4.69) is 5.32 Å². The van der Waals surface area contributed by atoms with Crippen molar-refractivity contribution in [2.45, 2.75) is 24.3 Å². The lowest BCUT2D eigenvalue weighted by atomic mass is 9.97. The number of piperidine rings is 1. The van der Waals surface area contributed by atoms with Crippen LogP contribution in [0.1, 0.15) is 18.4 Å². The molecule has 1 N–H and O–H groups in total. The molecule has 2 heterocycles. The highest BCUT2D eigenvalue weighted by molar-refractivity contribution is 7.89. The summed E-state index contributed by atoms with van der Waals surface area (Å²) < 4.78 is 29.6. The Labute approximate surface area is 181 Å². The van der Waals surface area contributed by atoms with E-state index >= 15 is 0 Å². The van der Waals surface area contributed by atoms with Crippen LogP contribution in [0.2, 0.25) is 5.02 Å². The molecule has 1 fully saturated rings. The maximum atomic E-state index is 13.1. The fourth-order valence-corrected chi connectivity index (χ4v) is 5.49. The third-order valence-corrected chi connectivity index (χ3v) is 7.85. The van der Waals surface area contributed by atoms with Gasteiger partial charge < -0.3 is 9.88 Å². The van der Waals surface area contributed by atoms with Crippen molar-refractivity contribution in [3.63, 3.8) is 0 Å². The Bertz CT molecular complexity index is 1160. The van der Waals surface area contributed by atoms with Crippen molar-refractivity contribution in [2.75, 3.05) is 13.1 Å². The number of halogens is 1. The van der Waals surface area contributed by atoms with E-state index in [1.165, 1.54) is 4.31 Å². The lowest BCUT2D eigenvalue weighted by Gasteiger charge is -2.30. The van der Waals surface area contributed by atoms with E-state index in [0.717, 1.165) is 16.5 Å². The van der Waals surface area contributed by atoms with Gasteiger partial charge in [-0.1, -0.05) is 23.7 Å². The minimum Gasteiger partial charge on any atom is -0.352 e. The first kappa shape index (κ1) is 20.9.